The van der Waals surface area contributed by atoms with E-state index in [0.717, 1.165) is 5.56 Å². The Hall–Kier alpha value is -1.10. The van der Waals surface area contributed by atoms with Crippen molar-refractivity contribution in [1.82, 2.24) is 4.90 Å². The molecule has 1 fully saturated rings. The standard InChI is InChI=1S/C16H24N2O2.ClH/c1-12-10-18(11-16(2,3)20-12)15(19)9-14(17)13-7-5-4-6-8-13;/h4-8,12,14H,9-11,17H2,1-3H3;1H. The Kier molecular flexibility index (Phi) is 6.20. The molecular weight excluding hydrogens is 288 g/mol. The van der Waals surface area contributed by atoms with Crippen LogP contribution in [0.3, 0.4) is 0 Å². The lowest BCUT2D eigenvalue weighted by Crippen LogP contribution is -2.54. The molecule has 0 aromatic heterocycles. The second kappa shape index (κ2) is 7.25. The Labute approximate surface area is 133 Å². The van der Waals surface area contributed by atoms with Crippen molar-refractivity contribution in [1.29, 1.82) is 0 Å². The molecule has 1 aromatic carbocycles. The van der Waals surface area contributed by atoms with Crippen molar-refractivity contribution < 1.29 is 9.53 Å². The number of nitrogens with two attached hydrogens (primary N) is 1. The van der Waals surface area contributed by atoms with Gasteiger partial charge in [0.2, 0.25) is 5.91 Å². The maximum atomic E-state index is 12.4. The van der Waals surface area contributed by atoms with Gasteiger partial charge in [-0.05, 0) is 26.3 Å². The first-order chi connectivity index (χ1) is 9.37. The number of rotatable bonds is 3. The molecule has 0 saturated carbocycles. The fourth-order valence-electron chi connectivity index (χ4n) is 2.78. The summed E-state index contributed by atoms with van der Waals surface area (Å²) in [6.07, 6.45) is 0.406. The number of morpholine rings is 1. The van der Waals surface area contributed by atoms with Crippen molar-refractivity contribution >= 4 is 18.3 Å². The summed E-state index contributed by atoms with van der Waals surface area (Å²) in [6.45, 7) is 7.29. The van der Waals surface area contributed by atoms with Gasteiger partial charge in [0.05, 0.1) is 11.7 Å². The molecule has 2 atom stereocenters. The van der Waals surface area contributed by atoms with Crippen LogP contribution < -0.4 is 5.73 Å². The molecule has 1 aromatic rings. The van der Waals surface area contributed by atoms with Gasteiger partial charge in [0.15, 0.2) is 0 Å². The third-order valence-electron chi connectivity index (χ3n) is 3.54. The zero-order valence-electron chi connectivity index (χ0n) is 12.9. The van der Waals surface area contributed by atoms with Gasteiger partial charge in [0, 0.05) is 25.6 Å². The summed E-state index contributed by atoms with van der Waals surface area (Å²) in [6, 6.07) is 9.52. The van der Waals surface area contributed by atoms with Crippen molar-refractivity contribution in [2.75, 3.05) is 13.1 Å². The minimum absolute atomic E-state index is 0. The van der Waals surface area contributed by atoms with Crippen LogP contribution in [0.5, 0.6) is 0 Å². The predicted molar refractivity (Wildman–Crippen MR) is 86.4 cm³/mol. The molecule has 2 rings (SSSR count). The molecule has 2 N–H and O–H groups in total. The highest BCUT2D eigenvalue weighted by atomic mass is 35.5. The number of benzene rings is 1. The fourth-order valence-corrected chi connectivity index (χ4v) is 2.78. The van der Waals surface area contributed by atoms with E-state index in [-0.39, 0.29) is 36.1 Å². The summed E-state index contributed by atoms with van der Waals surface area (Å²) < 4.78 is 5.82. The van der Waals surface area contributed by atoms with E-state index < -0.39 is 0 Å². The predicted octanol–water partition coefficient (Wildman–Crippen LogP) is 2.52. The van der Waals surface area contributed by atoms with E-state index in [1.807, 2.05) is 56.0 Å². The molecular formula is C16H25ClN2O2. The van der Waals surface area contributed by atoms with E-state index in [0.29, 0.717) is 19.5 Å². The first-order valence-corrected chi connectivity index (χ1v) is 7.13. The van der Waals surface area contributed by atoms with Gasteiger partial charge in [-0.15, -0.1) is 12.4 Å². The number of hydrogen-bond acceptors (Lipinski definition) is 3. The molecule has 1 heterocycles. The highest BCUT2D eigenvalue weighted by Crippen LogP contribution is 2.23. The molecule has 1 aliphatic heterocycles. The smallest absolute Gasteiger partial charge is 0.224 e. The van der Waals surface area contributed by atoms with Crippen molar-refractivity contribution in [2.24, 2.45) is 5.73 Å². The van der Waals surface area contributed by atoms with Gasteiger partial charge in [-0.3, -0.25) is 4.79 Å². The van der Waals surface area contributed by atoms with Gasteiger partial charge >= 0.3 is 0 Å². The van der Waals surface area contributed by atoms with E-state index in [1.54, 1.807) is 0 Å². The van der Waals surface area contributed by atoms with Gasteiger partial charge in [-0.1, -0.05) is 30.3 Å². The van der Waals surface area contributed by atoms with Crippen LogP contribution in [0.15, 0.2) is 30.3 Å². The van der Waals surface area contributed by atoms with E-state index in [4.69, 9.17) is 10.5 Å². The van der Waals surface area contributed by atoms with Crippen LogP contribution in [0, 0.1) is 0 Å². The van der Waals surface area contributed by atoms with Crippen LogP contribution in [0.1, 0.15) is 38.8 Å². The molecule has 5 heteroatoms. The molecule has 118 valence electrons. The highest BCUT2D eigenvalue weighted by molar-refractivity contribution is 5.85. The molecule has 1 saturated heterocycles. The molecule has 4 nitrogen and oxygen atoms in total. The second-order valence-electron chi connectivity index (χ2n) is 6.18. The van der Waals surface area contributed by atoms with Crippen molar-refractivity contribution in [2.45, 2.75) is 44.9 Å². The lowest BCUT2D eigenvalue weighted by Gasteiger charge is -2.42. The van der Waals surface area contributed by atoms with Gasteiger partial charge < -0.3 is 15.4 Å². The van der Waals surface area contributed by atoms with Crippen molar-refractivity contribution in [3.63, 3.8) is 0 Å². The monoisotopic (exact) mass is 312 g/mol. The number of carbonyl (C=O) groups is 1. The van der Waals surface area contributed by atoms with Crippen LogP contribution in [0.2, 0.25) is 0 Å². The number of carbonyl (C=O) groups excluding carboxylic acids is 1. The van der Waals surface area contributed by atoms with Crippen LogP contribution in [-0.4, -0.2) is 35.6 Å². The number of ether oxygens (including phenoxy) is 1. The Morgan fingerprint density at radius 2 is 2.05 bits per heavy atom. The molecule has 2 unspecified atom stereocenters. The SMILES string of the molecule is CC1CN(C(=O)CC(N)c2ccccc2)CC(C)(C)O1.Cl. The van der Waals surface area contributed by atoms with Crippen LogP contribution in [0.25, 0.3) is 0 Å². The minimum Gasteiger partial charge on any atom is -0.369 e. The zero-order valence-corrected chi connectivity index (χ0v) is 13.7. The summed E-state index contributed by atoms with van der Waals surface area (Å²) >= 11 is 0. The fraction of sp³-hybridized carbons (Fsp3) is 0.562. The van der Waals surface area contributed by atoms with Gasteiger partial charge in [0.1, 0.15) is 0 Å². The molecule has 0 bridgehead atoms. The quantitative estimate of drug-likeness (QED) is 0.933. The number of nitrogens with zero attached hydrogens (tertiary/aromatic N) is 1. The summed E-state index contributed by atoms with van der Waals surface area (Å²) in [7, 11) is 0. The summed E-state index contributed by atoms with van der Waals surface area (Å²) in [4.78, 5) is 14.3. The molecule has 0 spiro atoms. The second-order valence-corrected chi connectivity index (χ2v) is 6.18. The summed E-state index contributed by atoms with van der Waals surface area (Å²) in [5.41, 5.74) is 6.84. The Morgan fingerprint density at radius 3 is 2.62 bits per heavy atom. The summed E-state index contributed by atoms with van der Waals surface area (Å²) in [5.74, 6) is 0.101. The topological polar surface area (TPSA) is 55.6 Å². The molecule has 0 aliphatic carbocycles. The van der Waals surface area contributed by atoms with Gasteiger partial charge in [-0.2, -0.15) is 0 Å². The van der Waals surface area contributed by atoms with E-state index in [9.17, 15) is 4.79 Å². The third-order valence-corrected chi connectivity index (χ3v) is 3.54. The molecule has 21 heavy (non-hydrogen) atoms. The van der Waals surface area contributed by atoms with E-state index in [2.05, 4.69) is 0 Å². The van der Waals surface area contributed by atoms with Crippen molar-refractivity contribution in [3.05, 3.63) is 35.9 Å². The Bertz CT molecular complexity index is 465. The maximum Gasteiger partial charge on any atom is 0.224 e. The zero-order chi connectivity index (χ0) is 14.8. The third kappa shape index (κ3) is 4.99. The highest BCUT2D eigenvalue weighted by Gasteiger charge is 2.33. The number of hydrogen-bond donors (Lipinski definition) is 1. The van der Waals surface area contributed by atoms with Gasteiger partial charge in [-0.25, -0.2) is 0 Å². The Balaban J connectivity index is 0.00000220. The first-order valence-electron chi connectivity index (χ1n) is 7.13. The number of amides is 1. The summed E-state index contributed by atoms with van der Waals surface area (Å²) in [5, 5.41) is 0. The van der Waals surface area contributed by atoms with Crippen molar-refractivity contribution in [3.8, 4) is 0 Å². The van der Waals surface area contributed by atoms with E-state index >= 15 is 0 Å². The maximum absolute atomic E-state index is 12.4. The van der Waals surface area contributed by atoms with E-state index in [1.165, 1.54) is 0 Å². The van der Waals surface area contributed by atoms with Crippen LogP contribution in [0.4, 0.5) is 0 Å². The lowest BCUT2D eigenvalue weighted by molar-refractivity contribution is -0.158. The average molecular weight is 313 g/mol. The lowest BCUT2D eigenvalue weighted by atomic mass is 10.0. The van der Waals surface area contributed by atoms with Gasteiger partial charge in [0.25, 0.3) is 0 Å². The molecule has 1 amide bonds. The largest absolute Gasteiger partial charge is 0.369 e. The number of halogens is 1. The molecule has 0 radical (unpaired) electrons. The molecule has 1 aliphatic rings. The first kappa shape index (κ1) is 18.0. The Morgan fingerprint density at radius 1 is 1.43 bits per heavy atom. The van der Waals surface area contributed by atoms with Crippen LogP contribution >= 0.6 is 12.4 Å². The normalized spacial score (nSPS) is 22.3. The minimum atomic E-state index is -0.288. The average Bonchev–Trinajstić information content (AvgIpc) is 2.37. The van der Waals surface area contributed by atoms with Crippen LogP contribution in [-0.2, 0) is 9.53 Å².